The average Bonchev–Trinajstić information content (AvgIpc) is 3.76. The van der Waals surface area contributed by atoms with E-state index in [1.165, 1.54) is 0 Å². The van der Waals surface area contributed by atoms with Crippen molar-refractivity contribution in [1.29, 1.82) is 0 Å². The van der Waals surface area contributed by atoms with Gasteiger partial charge < -0.3 is 62.3 Å². The summed E-state index contributed by atoms with van der Waals surface area (Å²) in [5, 5.41) is 20.9. The van der Waals surface area contributed by atoms with Crippen LogP contribution in [0.25, 0.3) is 0 Å². The van der Waals surface area contributed by atoms with Crippen molar-refractivity contribution >= 4 is 5.97 Å². The molecule has 0 aromatic carbocycles. The van der Waals surface area contributed by atoms with Gasteiger partial charge in [0.25, 0.3) is 0 Å². The molecule has 0 radical (unpaired) electrons. The molecular weight excluding hydrogens is 752 g/mol. The van der Waals surface area contributed by atoms with Crippen molar-refractivity contribution in [2.45, 2.75) is 226 Å². The van der Waals surface area contributed by atoms with Crippen LogP contribution in [0.15, 0.2) is 24.3 Å². The highest BCUT2D eigenvalue weighted by Gasteiger charge is 2.69. The fourth-order valence-corrected chi connectivity index (χ4v) is 12.1. The summed E-state index contributed by atoms with van der Waals surface area (Å²) in [4.78, 5) is 11.5. The van der Waals surface area contributed by atoms with E-state index in [2.05, 4.69) is 27.0 Å². The van der Waals surface area contributed by atoms with Gasteiger partial charge in [-0.25, -0.2) is 0 Å². The number of hydrogen-bond acceptors (Lipinski definition) is 13. The minimum absolute atomic E-state index is 0.00215. The lowest BCUT2D eigenvalue weighted by Gasteiger charge is -2.53. The minimum Gasteiger partial charge on any atom is -0.481 e. The third kappa shape index (κ3) is 7.46. The predicted molar refractivity (Wildman–Crippen MR) is 204 cm³/mol. The number of aliphatic carboxylic acids is 1. The summed E-state index contributed by atoms with van der Waals surface area (Å²) >= 11 is 0. The Kier molecular flexibility index (Phi) is 10.7. The van der Waals surface area contributed by atoms with E-state index in [1.54, 1.807) is 0 Å². The lowest BCUT2D eigenvalue weighted by atomic mass is 9.79. The van der Waals surface area contributed by atoms with E-state index in [0.717, 1.165) is 49.7 Å². The summed E-state index contributed by atoms with van der Waals surface area (Å²) in [5.41, 5.74) is 2.16. The van der Waals surface area contributed by atoms with E-state index in [0.29, 0.717) is 38.7 Å². The van der Waals surface area contributed by atoms with Crippen molar-refractivity contribution in [3.63, 3.8) is 0 Å². The van der Waals surface area contributed by atoms with Crippen LogP contribution in [0, 0.1) is 11.8 Å². The molecule has 6 bridgehead atoms. The van der Waals surface area contributed by atoms with Crippen molar-refractivity contribution in [2.75, 3.05) is 6.61 Å². The van der Waals surface area contributed by atoms with Crippen LogP contribution in [-0.4, -0.2) is 144 Å². The molecule has 0 aromatic rings. The lowest BCUT2D eigenvalue weighted by Crippen LogP contribution is -2.63. The molecule has 11 heterocycles. The van der Waals surface area contributed by atoms with Gasteiger partial charge in [0.05, 0.1) is 86.3 Å². The molecular formula is C44H64O14. The summed E-state index contributed by atoms with van der Waals surface area (Å²) in [6.45, 7) is 17.5. The van der Waals surface area contributed by atoms with Gasteiger partial charge in [0.2, 0.25) is 0 Å². The third-order valence-electron chi connectivity index (χ3n) is 15.2. The molecule has 11 fully saturated rings. The molecule has 0 amide bonds. The lowest BCUT2D eigenvalue weighted by molar-refractivity contribution is -0.355. The van der Waals surface area contributed by atoms with E-state index in [-0.39, 0.29) is 110 Å². The molecule has 11 aliphatic heterocycles. The molecule has 14 nitrogen and oxygen atoms in total. The first kappa shape index (κ1) is 40.5. The van der Waals surface area contributed by atoms with Gasteiger partial charge in [-0.1, -0.05) is 27.0 Å². The number of carboxylic acid groups (broad SMARTS) is 1. The molecule has 11 saturated heterocycles. The van der Waals surface area contributed by atoms with Gasteiger partial charge in [-0.3, -0.25) is 4.79 Å². The summed E-state index contributed by atoms with van der Waals surface area (Å²) < 4.78 is 71.5. The Labute approximate surface area is 341 Å². The predicted octanol–water partition coefficient (Wildman–Crippen LogP) is 4.51. The van der Waals surface area contributed by atoms with Crippen LogP contribution in [0.5, 0.6) is 0 Å². The van der Waals surface area contributed by atoms with Gasteiger partial charge >= 0.3 is 5.97 Å². The highest BCUT2D eigenvalue weighted by atomic mass is 16.8. The Morgan fingerprint density at radius 1 is 0.724 bits per heavy atom. The van der Waals surface area contributed by atoms with Gasteiger partial charge in [-0.15, -0.1) is 0 Å². The molecule has 0 saturated carbocycles. The zero-order valence-electron chi connectivity index (χ0n) is 34.4. The Morgan fingerprint density at radius 3 is 2.31 bits per heavy atom. The summed E-state index contributed by atoms with van der Waals surface area (Å²) in [6, 6.07) is 0. The Hall–Kier alpha value is -1.53. The first-order valence-electron chi connectivity index (χ1n) is 22.2. The number of aliphatic hydroxyl groups excluding tert-OH is 1. The number of ether oxygens (including phenoxy) is 11. The molecule has 11 aliphatic rings. The second-order valence-electron chi connectivity index (χ2n) is 19.7. The average molecular weight is 817 g/mol. The maximum absolute atomic E-state index is 11.5. The fourth-order valence-electron chi connectivity index (χ4n) is 12.1. The van der Waals surface area contributed by atoms with E-state index >= 15 is 0 Å². The molecule has 14 heteroatoms. The highest BCUT2D eigenvalue weighted by molar-refractivity contribution is 5.67. The number of aliphatic hydroxyl groups is 1. The molecule has 11 rings (SSSR count). The number of carbonyl (C=O) groups is 1. The summed E-state index contributed by atoms with van der Waals surface area (Å²) in [6.07, 6.45) is 3.80. The van der Waals surface area contributed by atoms with E-state index < -0.39 is 35.9 Å². The molecule has 324 valence electrons. The quantitative estimate of drug-likeness (QED) is 0.297. The summed E-state index contributed by atoms with van der Waals surface area (Å²) in [7, 11) is 0. The monoisotopic (exact) mass is 816 g/mol. The third-order valence-corrected chi connectivity index (χ3v) is 15.2. The highest BCUT2D eigenvalue weighted by Crippen LogP contribution is 2.54. The van der Waals surface area contributed by atoms with E-state index in [4.69, 9.17) is 52.1 Å². The zero-order valence-corrected chi connectivity index (χ0v) is 34.4. The molecule has 0 aromatic heterocycles. The smallest absolute Gasteiger partial charge is 0.305 e. The van der Waals surface area contributed by atoms with Crippen LogP contribution < -0.4 is 0 Å². The molecule has 2 N–H and O–H groups in total. The van der Waals surface area contributed by atoms with Crippen LogP contribution in [0.4, 0.5) is 0 Å². The van der Waals surface area contributed by atoms with Crippen LogP contribution in [-0.2, 0) is 56.9 Å². The SMILES string of the molecule is C=C1C(C[C@@H]2O[C@H]3C[C@H]4OC(C)(C)OC[C@H]4O[C@H]3[C@H](C)[C@H]2O)O[C@@H](CC[C@@H]2O[C@@H](CC[C@@]34CC5O[C@H]6C(O3)[C@H]3O[C@@H](CC(=O)O)CC[C@@H]3O[C@H]6C5O4)CC2=C)C[C@H]1C. The van der Waals surface area contributed by atoms with Crippen molar-refractivity contribution < 1.29 is 67.1 Å². The second-order valence-corrected chi connectivity index (χ2v) is 19.7. The van der Waals surface area contributed by atoms with Crippen molar-refractivity contribution in [1.82, 2.24) is 0 Å². The maximum Gasteiger partial charge on any atom is 0.305 e. The van der Waals surface area contributed by atoms with E-state index in [1.807, 2.05) is 13.8 Å². The first-order valence-corrected chi connectivity index (χ1v) is 22.2. The largest absolute Gasteiger partial charge is 0.481 e. The zero-order chi connectivity index (χ0) is 40.2. The molecule has 4 unspecified atom stereocenters. The summed E-state index contributed by atoms with van der Waals surface area (Å²) in [5.74, 6) is -2.19. The standard InChI is InChI=1S/C44H64O14/c1-20-13-24(50-29(22(20)3)16-31-36(47)23(4)37-32(52-31)17-30-34(55-37)19-48-43(5,6)56-30)7-9-27-21(2)14-26(49-27)11-12-44-18-33-39(57-44)40-41(54-33)42(58-44)38-28(53-40)10-8-25(51-38)15-35(45)46/h20,23-34,36-42,47H,2-3,7-19H2,1,4-6H3,(H,45,46)/t20-,23-,24+,25-,26+,27+,28+,29?,30-,31+,32+,33?,34-,36-,37+,38+,39?,40+,41-,42?,44+/m1/s1. The van der Waals surface area contributed by atoms with Gasteiger partial charge in [0.15, 0.2) is 11.6 Å². The van der Waals surface area contributed by atoms with Gasteiger partial charge in [-0.2, -0.15) is 0 Å². The fraction of sp³-hybridized carbons (Fsp3) is 0.886. The van der Waals surface area contributed by atoms with Crippen molar-refractivity contribution in [2.24, 2.45) is 11.8 Å². The molecule has 0 aliphatic carbocycles. The number of hydrogen-bond donors (Lipinski definition) is 2. The Bertz CT molecular complexity index is 1590. The van der Waals surface area contributed by atoms with E-state index in [9.17, 15) is 15.0 Å². The Morgan fingerprint density at radius 2 is 1.48 bits per heavy atom. The molecule has 21 atom stereocenters. The van der Waals surface area contributed by atoms with Crippen LogP contribution in [0.2, 0.25) is 0 Å². The minimum atomic E-state index is -0.866. The molecule has 0 spiro atoms. The van der Waals surface area contributed by atoms with Gasteiger partial charge in [0, 0.05) is 31.6 Å². The van der Waals surface area contributed by atoms with Crippen LogP contribution in [0.1, 0.15) is 105 Å². The van der Waals surface area contributed by atoms with Crippen LogP contribution in [0.3, 0.4) is 0 Å². The Balaban J connectivity index is 0.725. The van der Waals surface area contributed by atoms with Crippen molar-refractivity contribution in [3.05, 3.63) is 24.3 Å². The topological polar surface area (TPSA) is 159 Å². The molecule has 58 heavy (non-hydrogen) atoms. The second kappa shape index (κ2) is 15.4. The number of rotatable bonds is 10. The normalized spacial score (nSPS) is 52.8. The van der Waals surface area contributed by atoms with Crippen LogP contribution >= 0.6 is 0 Å². The van der Waals surface area contributed by atoms with Crippen molar-refractivity contribution in [3.8, 4) is 0 Å². The maximum atomic E-state index is 11.5. The number of fused-ring (bicyclic) bond motifs is 3. The first-order chi connectivity index (χ1) is 27.7. The van der Waals surface area contributed by atoms with Gasteiger partial charge in [0.1, 0.15) is 36.6 Å². The number of carboxylic acids is 1. The van der Waals surface area contributed by atoms with Gasteiger partial charge in [-0.05, 0) is 75.9 Å².